The van der Waals surface area contributed by atoms with Crippen LogP contribution in [0.15, 0.2) is 22.7 Å². The summed E-state index contributed by atoms with van der Waals surface area (Å²) in [6, 6.07) is 6.12. The van der Waals surface area contributed by atoms with E-state index in [1.165, 1.54) is 19.3 Å². The number of hydrogen-bond donors (Lipinski definition) is 0. The van der Waals surface area contributed by atoms with E-state index in [0.717, 1.165) is 58.8 Å². The quantitative estimate of drug-likeness (QED) is 0.588. The molecule has 1 saturated carbocycles. The molecular formula is C20H28BrN3OS. The van der Waals surface area contributed by atoms with E-state index in [-0.39, 0.29) is 11.8 Å². The zero-order valence-corrected chi connectivity index (χ0v) is 18.1. The maximum Gasteiger partial charge on any atom is 0.231 e. The Hall–Kier alpha value is -0.980. The Balaban J connectivity index is 1.85. The van der Waals surface area contributed by atoms with Crippen LogP contribution in [0, 0.1) is 5.92 Å². The lowest BCUT2D eigenvalue weighted by molar-refractivity contribution is -0.123. The molecule has 0 spiro atoms. The van der Waals surface area contributed by atoms with E-state index in [9.17, 15) is 4.79 Å². The first-order valence-electron chi connectivity index (χ1n) is 9.72. The molecule has 6 heteroatoms. The van der Waals surface area contributed by atoms with Gasteiger partial charge in [0.2, 0.25) is 5.91 Å². The molecule has 0 bridgehead atoms. The van der Waals surface area contributed by atoms with Crippen molar-refractivity contribution < 1.29 is 4.79 Å². The third-order valence-corrected chi connectivity index (χ3v) is 6.86. The zero-order chi connectivity index (χ0) is 18.5. The number of carbonyl (C=O) groups is 1. The van der Waals surface area contributed by atoms with Crippen molar-refractivity contribution in [2.24, 2.45) is 5.92 Å². The van der Waals surface area contributed by atoms with Gasteiger partial charge in [0.1, 0.15) is 0 Å². The van der Waals surface area contributed by atoms with Crippen LogP contribution in [0.2, 0.25) is 0 Å². The molecule has 0 saturated heterocycles. The van der Waals surface area contributed by atoms with Gasteiger partial charge in [0.05, 0.1) is 10.2 Å². The van der Waals surface area contributed by atoms with Crippen molar-refractivity contribution in [1.82, 2.24) is 9.88 Å². The highest BCUT2D eigenvalue weighted by Gasteiger charge is 2.28. The van der Waals surface area contributed by atoms with Crippen LogP contribution < -0.4 is 4.90 Å². The molecule has 1 heterocycles. The summed E-state index contributed by atoms with van der Waals surface area (Å²) in [6.45, 7) is 7.98. The standard InChI is InChI=1S/C20H28BrN3OS/c1-3-23(4-2)12-13-24(19(25)15-8-6-5-7-9-15)20-22-17-11-10-16(21)14-18(17)26-20/h10-11,14-15H,3-9,12-13H2,1-2H3. The normalized spacial score (nSPS) is 15.7. The molecule has 4 nitrogen and oxygen atoms in total. The van der Waals surface area contributed by atoms with Crippen LogP contribution in [0.5, 0.6) is 0 Å². The van der Waals surface area contributed by atoms with E-state index in [1.54, 1.807) is 11.3 Å². The Kier molecular flexibility index (Phi) is 7.06. The molecule has 1 aliphatic carbocycles. The van der Waals surface area contributed by atoms with Crippen molar-refractivity contribution in [1.29, 1.82) is 0 Å². The third kappa shape index (κ3) is 4.65. The SMILES string of the molecule is CCN(CC)CCN(C(=O)C1CCCCC1)c1nc2ccc(Br)cc2s1. The average molecular weight is 438 g/mol. The Morgan fingerprint density at radius 2 is 1.92 bits per heavy atom. The van der Waals surface area contributed by atoms with Crippen molar-refractivity contribution in [2.75, 3.05) is 31.1 Å². The Labute approximate surface area is 168 Å². The number of nitrogens with zero attached hydrogens (tertiary/aromatic N) is 3. The van der Waals surface area contributed by atoms with E-state index in [2.05, 4.69) is 40.7 Å². The van der Waals surface area contributed by atoms with E-state index in [4.69, 9.17) is 4.98 Å². The van der Waals surface area contributed by atoms with Gasteiger partial charge in [-0.05, 0) is 44.1 Å². The van der Waals surface area contributed by atoms with E-state index < -0.39 is 0 Å². The van der Waals surface area contributed by atoms with Crippen LogP contribution in [0.3, 0.4) is 0 Å². The number of thiazole rings is 1. The topological polar surface area (TPSA) is 36.4 Å². The largest absolute Gasteiger partial charge is 0.302 e. The Bertz CT molecular complexity index is 738. The van der Waals surface area contributed by atoms with Gasteiger partial charge in [-0.3, -0.25) is 9.69 Å². The first-order chi connectivity index (χ1) is 12.6. The molecular weight excluding hydrogens is 410 g/mol. The lowest BCUT2D eigenvalue weighted by atomic mass is 9.88. The van der Waals surface area contributed by atoms with E-state index in [1.807, 2.05) is 17.0 Å². The minimum atomic E-state index is 0.166. The smallest absolute Gasteiger partial charge is 0.231 e. The summed E-state index contributed by atoms with van der Waals surface area (Å²) in [5, 5.41) is 0.848. The molecule has 26 heavy (non-hydrogen) atoms. The maximum atomic E-state index is 13.3. The number of aromatic nitrogens is 1. The molecule has 0 atom stereocenters. The molecule has 0 N–H and O–H groups in total. The van der Waals surface area contributed by atoms with Gasteiger partial charge in [-0.1, -0.05) is 60.4 Å². The number of anilines is 1. The van der Waals surface area contributed by atoms with Gasteiger partial charge in [-0.2, -0.15) is 0 Å². The molecule has 3 rings (SSSR count). The molecule has 0 aliphatic heterocycles. The van der Waals surface area contributed by atoms with Crippen LogP contribution in [0.4, 0.5) is 5.13 Å². The minimum absolute atomic E-state index is 0.166. The summed E-state index contributed by atoms with van der Waals surface area (Å²) < 4.78 is 2.17. The lowest BCUT2D eigenvalue weighted by Gasteiger charge is -2.29. The highest BCUT2D eigenvalue weighted by molar-refractivity contribution is 9.10. The minimum Gasteiger partial charge on any atom is -0.302 e. The summed E-state index contributed by atoms with van der Waals surface area (Å²) in [5.41, 5.74) is 0.970. The number of benzene rings is 1. The van der Waals surface area contributed by atoms with Crippen LogP contribution in [0.25, 0.3) is 10.2 Å². The average Bonchev–Trinajstić information content (AvgIpc) is 3.08. The zero-order valence-electron chi connectivity index (χ0n) is 15.7. The van der Waals surface area contributed by atoms with Crippen LogP contribution in [-0.2, 0) is 4.79 Å². The molecule has 1 amide bonds. The van der Waals surface area contributed by atoms with Gasteiger partial charge in [-0.15, -0.1) is 0 Å². The molecule has 1 fully saturated rings. The third-order valence-electron chi connectivity index (χ3n) is 5.32. The van der Waals surface area contributed by atoms with Crippen molar-refractivity contribution in [3.05, 3.63) is 22.7 Å². The van der Waals surface area contributed by atoms with Gasteiger partial charge < -0.3 is 4.90 Å². The van der Waals surface area contributed by atoms with Gasteiger partial charge in [0.15, 0.2) is 5.13 Å². The van der Waals surface area contributed by atoms with Crippen LogP contribution >= 0.6 is 27.3 Å². The summed E-state index contributed by atoms with van der Waals surface area (Å²) in [6.07, 6.45) is 5.66. The van der Waals surface area contributed by atoms with Gasteiger partial charge in [-0.25, -0.2) is 4.98 Å². The summed E-state index contributed by atoms with van der Waals surface area (Å²) in [7, 11) is 0. The molecule has 142 valence electrons. The fraction of sp³-hybridized carbons (Fsp3) is 0.600. The number of rotatable bonds is 7. The predicted molar refractivity (Wildman–Crippen MR) is 114 cm³/mol. The van der Waals surface area contributed by atoms with Gasteiger partial charge >= 0.3 is 0 Å². The number of halogens is 1. The summed E-state index contributed by atoms with van der Waals surface area (Å²) in [4.78, 5) is 22.4. The lowest BCUT2D eigenvalue weighted by Crippen LogP contribution is -2.42. The Morgan fingerprint density at radius 3 is 2.62 bits per heavy atom. The number of hydrogen-bond acceptors (Lipinski definition) is 4. The number of fused-ring (bicyclic) bond motifs is 1. The second kappa shape index (κ2) is 9.29. The second-order valence-electron chi connectivity index (χ2n) is 6.96. The monoisotopic (exact) mass is 437 g/mol. The number of likely N-dealkylation sites (N-methyl/N-ethyl adjacent to an activating group) is 1. The van der Waals surface area contributed by atoms with Gasteiger partial charge in [0.25, 0.3) is 0 Å². The van der Waals surface area contributed by atoms with Crippen molar-refractivity contribution in [3.63, 3.8) is 0 Å². The summed E-state index contributed by atoms with van der Waals surface area (Å²) >= 11 is 5.15. The van der Waals surface area contributed by atoms with Crippen molar-refractivity contribution in [3.8, 4) is 0 Å². The molecule has 1 aliphatic rings. The van der Waals surface area contributed by atoms with Crippen LogP contribution in [-0.4, -0.2) is 42.0 Å². The maximum absolute atomic E-state index is 13.3. The number of carbonyl (C=O) groups excluding carboxylic acids is 1. The van der Waals surface area contributed by atoms with Crippen LogP contribution in [0.1, 0.15) is 46.0 Å². The predicted octanol–water partition coefficient (Wildman–Crippen LogP) is 5.31. The molecule has 1 aromatic carbocycles. The van der Waals surface area contributed by atoms with Crippen molar-refractivity contribution in [2.45, 2.75) is 46.0 Å². The first-order valence-corrected chi connectivity index (χ1v) is 11.3. The van der Waals surface area contributed by atoms with E-state index in [0.29, 0.717) is 0 Å². The molecule has 1 aromatic heterocycles. The molecule has 2 aromatic rings. The highest BCUT2D eigenvalue weighted by Crippen LogP contribution is 2.33. The fourth-order valence-electron chi connectivity index (χ4n) is 3.65. The van der Waals surface area contributed by atoms with E-state index >= 15 is 0 Å². The highest BCUT2D eigenvalue weighted by atomic mass is 79.9. The number of amides is 1. The second-order valence-corrected chi connectivity index (χ2v) is 8.88. The summed E-state index contributed by atoms with van der Waals surface area (Å²) in [5.74, 6) is 0.439. The van der Waals surface area contributed by atoms with Gasteiger partial charge in [0, 0.05) is 23.5 Å². The fourth-order valence-corrected chi connectivity index (χ4v) is 5.20. The molecule has 0 radical (unpaired) electrons. The Morgan fingerprint density at radius 1 is 1.19 bits per heavy atom. The first kappa shape index (κ1) is 19.8. The molecule has 0 unspecified atom stereocenters. The van der Waals surface area contributed by atoms with Crippen molar-refractivity contribution >= 4 is 48.5 Å².